The number of hydrogen-bond donors (Lipinski definition) is 1. The second-order valence-electron chi connectivity index (χ2n) is 4.82. The summed E-state index contributed by atoms with van der Waals surface area (Å²) in [6, 6.07) is 3.53. The molecule has 0 bridgehead atoms. The molecule has 1 unspecified atom stereocenters. The first kappa shape index (κ1) is 23.4. The van der Waals surface area contributed by atoms with E-state index in [0.717, 1.165) is 5.56 Å². The van der Waals surface area contributed by atoms with Crippen molar-refractivity contribution in [1.29, 1.82) is 0 Å². The van der Waals surface area contributed by atoms with Crippen LogP contribution in [0.15, 0.2) is 18.7 Å². The predicted octanol–water partition coefficient (Wildman–Crippen LogP) is 3.67. The van der Waals surface area contributed by atoms with E-state index >= 15 is 0 Å². The zero-order valence-electron chi connectivity index (χ0n) is 12.9. The van der Waals surface area contributed by atoms with E-state index in [-0.39, 0.29) is 0 Å². The molecule has 0 heterocycles. The normalized spacial score (nSPS) is 13.2. The first-order valence-electron chi connectivity index (χ1n) is 6.79. The van der Waals surface area contributed by atoms with E-state index in [1.807, 2.05) is 45.2 Å². The number of benzene rings is 1. The van der Waals surface area contributed by atoms with Crippen molar-refractivity contribution < 1.29 is 40.4 Å². The van der Waals surface area contributed by atoms with Gasteiger partial charge in [-0.25, -0.2) is 9.18 Å². The first-order valence-corrected chi connectivity index (χ1v) is 10.4. The highest BCUT2D eigenvalue weighted by molar-refractivity contribution is 14.1. The van der Waals surface area contributed by atoms with Crippen molar-refractivity contribution in [2.45, 2.75) is 17.8 Å². The summed E-state index contributed by atoms with van der Waals surface area (Å²) in [7, 11) is -5.90. The van der Waals surface area contributed by atoms with Crippen LogP contribution in [-0.2, 0) is 19.6 Å². The molecule has 1 rings (SSSR count). The van der Waals surface area contributed by atoms with E-state index in [1.165, 1.54) is 0 Å². The van der Waals surface area contributed by atoms with E-state index in [9.17, 15) is 26.4 Å². The van der Waals surface area contributed by atoms with E-state index in [0.29, 0.717) is 12.9 Å². The van der Waals surface area contributed by atoms with Gasteiger partial charge in [-0.2, -0.15) is 17.2 Å². The highest BCUT2D eigenvalue weighted by atomic mass is 127. The minimum absolute atomic E-state index is 0.412. The maximum atomic E-state index is 13.2. The first-order chi connectivity index (χ1) is 11.9. The molecule has 6 nitrogen and oxygen atoms in total. The number of hydrogen-bond acceptors (Lipinski definition) is 5. The van der Waals surface area contributed by atoms with Crippen LogP contribution in [0.4, 0.5) is 13.2 Å². The summed E-state index contributed by atoms with van der Waals surface area (Å²) in [6.07, 6.45) is -2.70. The summed E-state index contributed by atoms with van der Waals surface area (Å²) in [5, 5.41) is -4.98. The van der Waals surface area contributed by atoms with Crippen LogP contribution in [-0.4, -0.2) is 43.6 Å². The van der Waals surface area contributed by atoms with Gasteiger partial charge in [0.15, 0.2) is 12.8 Å². The highest BCUT2D eigenvalue weighted by Gasteiger charge is 2.52. The van der Waals surface area contributed by atoms with Gasteiger partial charge in [0.2, 0.25) is 0 Å². The Balaban J connectivity index is 2.53. The summed E-state index contributed by atoms with van der Waals surface area (Å²) >= 11 is 3.98. The van der Waals surface area contributed by atoms with Crippen molar-refractivity contribution in [2.24, 2.45) is 0 Å². The van der Waals surface area contributed by atoms with Gasteiger partial charge in [0, 0.05) is 6.42 Å². The summed E-state index contributed by atoms with van der Waals surface area (Å²) in [6.45, 7) is 2.28. The lowest BCUT2D eigenvalue weighted by Gasteiger charge is -2.17. The van der Waals surface area contributed by atoms with Crippen molar-refractivity contribution in [2.75, 3.05) is 13.2 Å². The maximum Gasteiger partial charge on any atom is 0.400 e. The van der Waals surface area contributed by atoms with Gasteiger partial charge in [-0.1, -0.05) is 12.7 Å². The molecule has 146 valence electrons. The standard InChI is InChI=1S/C14H13F3I2O6S/c1-2-8-5-9(18)13(10(19)6-8)25-7-12(20)24-4-3-11(15)14(16,17)26(21,22)23/h2,5-6,11H,1,3-4,7H2,(H,21,22,23). The Morgan fingerprint density at radius 3 is 2.35 bits per heavy atom. The third-order valence-electron chi connectivity index (χ3n) is 2.93. The van der Waals surface area contributed by atoms with Gasteiger partial charge in [-0.3, -0.25) is 4.55 Å². The van der Waals surface area contributed by atoms with Crippen molar-refractivity contribution in [3.8, 4) is 5.75 Å². The lowest BCUT2D eigenvalue weighted by atomic mass is 10.2. The molecule has 1 aromatic rings. The molecular weight excluding hydrogens is 607 g/mol. The Labute approximate surface area is 175 Å². The van der Waals surface area contributed by atoms with E-state index in [1.54, 1.807) is 18.2 Å². The Kier molecular flexibility index (Phi) is 8.60. The summed E-state index contributed by atoms with van der Waals surface area (Å²) in [4.78, 5) is 11.5. The van der Waals surface area contributed by atoms with Gasteiger partial charge < -0.3 is 9.47 Å². The quantitative estimate of drug-likeness (QED) is 0.258. The Morgan fingerprint density at radius 1 is 1.35 bits per heavy atom. The third kappa shape index (κ3) is 6.23. The highest BCUT2D eigenvalue weighted by Crippen LogP contribution is 2.30. The summed E-state index contributed by atoms with van der Waals surface area (Å²) in [5.74, 6) is -0.540. The summed E-state index contributed by atoms with van der Waals surface area (Å²) in [5.41, 5.74) is 0.850. The van der Waals surface area contributed by atoms with Crippen LogP contribution < -0.4 is 4.74 Å². The fraction of sp³-hybridized carbons (Fsp3) is 0.357. The SMILES string of the molecule is C=Cc1cc(I)c(OCC(=O)OCCC(F)C(F)(F)S(=O)(=O)O)c(I)c1. The molecule has 0 fully saturated rings. The minimum Gasteiger partial charge on any atom is -0.480 e. The number of esters is 1. The van der Waals surface area contributed by atoms with Crippen LogP contribution >= 0.6 is 45.2 Å². The monoisotopic (exact) mass is 620 g/mol. The molecule has 0 aliphatic carbocycles. The Morgan fingerprint density at radius 2 is 1.88 bits per heavy atom. The molecule has 1 aromatic carbocycles. The second-order valence-corrected chi connectivity index (χ2v) is 8.64. The molecule has 0 aromatic heterocycles. The predicted molar refractivity (Wildman–Crippen MR) is 104 cm³/mol. The zero-order valence-corrected chi connectivity index (χ0v) is 18.1. The largest absolute Gasteiger partial charge is 0.480 e. The number of halogens is 5. The van der Waals surface area contributed by atoms with Gasteiger partial charge in [-0.15, -0.1) is 0 Å². The molecule has 0 spiro atoms. The molecule has 0 radical (unpaired) electrons. The fourth-order valence-corrected chi connectivity index (χ4v) is 4.18. The van der Waals surface area contributed by atoms with Gasteiger partial charge in [0.1, 0.15) is 5.75 Å². The van der Waals surface area contributed by atoms with E-state index in [4.69, 9.17) is 9.29 Å². The lowest BCUT2D eigenvalue weighted by Crippen LogP contribution is -2.39. The maximum absolute atomic E-state index is 13.2. The van der Waals surface area contributed by atoms with Crippen LogP contribution in [0.1, 0.15) is 12.0 Å². The van der Waals surface area contributed by atoms with E-state index in [2.05, 4.69) is 11.3 Å². The van der Waals surface area contributed by atoms with E-state index < -0.39 is 47.1 Å². The number of alkyl halides is 3. The van der Waals surface area contributed by atoms with Crippen molar-refractivity contribution >= 4 is 67.3 Å². The summed E-state index contributed by atoms with van der Waals surface area (Å²) < 4.78 is 79.5. The van der Waals surface area contributed by atoms with Gasteiger partial charge in [0.25, 0.3) is 0 Å². The zero-order chi connectivity index (χ0) is 20.1. The smallest absolute Gasteiger partial charge is 0.400 e. The van der Waals surface area contributed by atoms with Crippen LogP contribution in [0.2, 0.25) is 0 Å². The topological polar surface area (TPSA) is 89.9 Å². The second kappa shape index (κ2) is 9.54. The molecular formula is C14H13F3I2O6S. The molecule has 0 aliphatic heterocycles. The molecule has 0 saturated heterocycles. The molecule has 0 amide bonds. The van der Waals surface area contributed by atoms with Crippen LogP contribution in [0.5, 0.6) is 5.75 Å². The molecule has 12 heteroatoms. The van der Waals surface area contributed by atoms with Gasteiger partial charge >= 0.3 is 21.3 Å². The number of ether oxygens (including phenoxy) is 2. The fourth-order valence-electron chi connectivity index (χ4n) is 1.61. The third-order valence-corrected chi connectivity index (χ3v) is 5.48. The average Bonchev–Trinajstić information content (AvgIpc) is 2.52. The van der Waals surface area contributed by atoms with Gasteiger partial charge in [0.05, 0.1) is 13.7 Å². The number of rotatable bonds is 9. The lowest BCUT2D eigenvalue weighted by molar-refractivity contribution is -0.147. The average molecular weight is 620 g/mol. The van der Waals surface area contributed by atoms with Crippen molar-refractivity contribution in [1.82, 2.24) is 0 Å². The Bertz CT molecular complexity index is 762. The molecule has 1 atom stereocenters. The number of carbonyl (C=O) groups is 1. The van der Waals surface area contributed by atoms with Crippen molar-refractivity contribution in [3.05, 3.63) is 31.4 Å². The van der Waals surface area contributed by atoms with Crippen LogP contribution in [0.25, 0.3) is 6.08 Å². The van der Waals surface area contributed by atoms with Crippen LogP contribution in [0.3, 0.4) is 0 Å². The van der Waals surface area contributed by atoms with Crippen LogP contribution in [0, 0.1) is 7.14 Å². The number of carbonyl (C=O) groups excluding carboxylic acids is 1. The molecule has 0 aliphatic rings. The molecule has 0 saturated carbocycles. The molecule has 1 N–H and O–H groups in total. The Hall–Kier alpha value is -0.610. The minimum atomic E-state index is -5.90. The van der Waals surface area contributed by atoms with Crippen molar-refractivity contribution in [3.63, 3.8) is 0 Å². The molecule has 26 heavy (non-hydrogen) atoms. The van der Waals surface area contributed by atoms with Gasteiger partial charge in [-0.05, 0) is 62.9 Å².